The van der Waals surface area contributed by atoms with Crippen LogP contribution < -0.4 is 5.32 Å². The van der Waals surface area contributed by atoms with Gasteiger partial charge in [-0.2, -0.15) is 0 Å². The molecular weight excluding hydrogens is 310 g/mol. The molecule has 0 saturated heterocycles. The van der Waals surface area contributed by atoms with Gasteiger partial charge in [0.15, 0.2) is 0 Å². The van der Waals surface area contributed by atoms with E-state index >= 15 is 0 Å². The first-order chi connectivity index (χ1) is 11.2. The Hall–Kier alpha value is -2.47. The van der Waals surface area contributed by atoms with Gasteiger partial charge in [0.25, 0.3) is 5.89 Å². The molecule has 0 radical (unpaired) electrons. The van der Waals surface area contributed by atoms with E-state index in [1.54, 1.807) is 11.3 Å². The van der Waals surface area contributed by atoms with Crippen LogP contribution in [0.5, 0.6) is 0 Å². The molecule has 1 aromatic carbocycles. The van der Waals surface area contributed by atoms with Gasteiger partial charge in [0.1, 0.15) is 0 Å². The number of thiophene rings is 1. The van der Waals surface area contributed by atoms with E-state index in [0.29, 0.717) is 31.2 Å². The molecule has 2 aromatic heterocycles. The summed E-state index contributed by atoms with van der Waals surface area (Å²) >= 11 is 1.54. The van der Waals surface area contributed by atoms with Crippen molar-refractivity contribution in [3.05, 3.63) is 58.8 Å². The maximum absolute atomic E-state index is 11.9. The molecule has 0 aliphatic rings. The fraction of sp³-hybridized carbons (Fsp3) is 0.235. The van der Waals surface area contributed by atoms with Crippen LogP contribution in [0.15, 0.2) is 46.2 Å². The first-order valence-electron chi connectivity index (χ1n) is 7.39. The highest BCUT2D eigenvalue weighted by Crippen LogP contribution is 2.23. The topological polar surface area (TPSA) is 68.0 Å². The molecule has 118 valence electrons. The van der Waals surface area contributed by atoms with Crippen LogP contribution in [-0.2, 0) is 17.8 Å². The third kappa shape index (κ3) is 4.26. The lowest BCUT2D eigenvalue weighted by Gasteiger charge is -2.04. The summed E-state index contributed by atoms with van der Waals surface area (Å²) in [7, 11) is 0. The van der Waals surface area contributed by atoms with Crippen LogP contribution in [0.1, 0.15) is 23.4 Å². The van der Waals surface area contributed by atoms with Crippen LogP contribution in [0.4, 0.5) is 0 Å². The second kappa shape index (κ2) is 7.19. The molecule has 1 amide bonds. The van der Waals surface area contributed by atoms with Crippen molar-refractivity contribution in [2.45, 2.75) is 26.3 Å². The highest BCUT2D eigenvalue weighted by atomic mass is 32.1. The molecule has 5 nitrogen and oxygen atoms in total. The zero-order chi connectivity index (χ0) is 16.1. The van der Waals surface area contributed by atoms with Crippen LogP contribution in [0.2, 0.25) is 0 Å². The molecule has 3 rings (SSSR count). The van der Waals surface area contributed by atoms with Gasteiger partial charge >= 0.3 is 0 Å². The van der Waals surface area contributed by atoms with Gasteiger partial charge in [-0.3, -0.25) is 4.79 Å². The van der Waals surface area contributed by atoms with Crippen molar-refractivity contribution in [2.75, 3.05) is 0 Å². The van der Waals surface area contributed by atoms with Crippen molar-refractivity contribution < 1.29 is 9.21 Å². The van der Waals surface area contributed by atoms with E-state index in [1.165, 1.54) is 5.56 Å². The smallest absolute Gasteiger partial charge is 0.257 e. The average molecular weight is 327 g/mol. The molecule has 0 aliphatic heterocycles. The lowest BCUT2D eigenvalue weighted by atomic mass is 10.1. The number of aromatic nitrogens is 2. The van der Waals surface area contributed by atoms with E-state index in [2.05, 4.69) is 15.5 Å². The minimum Gasteiger partial charge on any atom is -0.420 e. The molecule has 0 atom stereocenters. The predicted octanol–water partition coefficient (Wildman–Crippen LogP) is 3.36. The molecule has 0 aliphatic carbocycles. The number of rotatable bonds is 6. The van der Waals surface area contributed by atoms with Crippen LogP contribution in [0, 0.1) is 6.92 Å². The number of benzene rings is 1. The zero-order valence-electron chi connectivity index (χ0n) is 12.8. The average Bonchev–Trinajstić information content (AvgIpc) is 3.23. The standard InChI is InChI=1S/C17H17N3O2S/c1-12-4-6-13(7-5-12)11-18-15(21)8-9-16-19-20-17(22-16)14-3-2-10-23-14/h2-7,10H,8-9,11H2,1H3,(H,18,21). The summed E-state index contributed by atoms with van der Waals surface area (Å²) in [5.74, 6) is 0.968. The summed E-state index contributed by atoms with van der Waals surface area (Å²) in [6.45, 7) is 2.57. The van der Waals surface area contributed by atoms with Gasteiger partial charge < -0.3 is 9.73 Å². The van der Waals surface area contributed by atoms with Crippen molar-refractivity contribution in [1.82, 2.24) is 15.5 Å². The van der Waals surface area contributed by atoms with Gasteiger partial charge in [-0.05, 0) is 23.9 Å². The van der Waals surface area contributed by atoms with E-state index in [9.17, 15) is 4.79 Å². The van der Waals surface area contributed by atoms with Gasteiger partial charge in [0, 0.05) is 19.4 Å². The second-order valence-electron chi connectivity index (χ2n) is 5.24. The predicted molar refractivity (Wildman–Crippen MR) is 89.0 cm³/mol. The van der Waals surface area contributed by atoms with E-state index in [0.717, 1.165) is 10.4 Å². The molecule has 0 spiro atoms. The van der Waals surface area contributed by atoms with E-state index in [-0.39, 0.29) is 5.91 Å². The molecular formula is C17H17N3O2S. The molecule has 6 heteroatoms. The zero-order valence-corrected chi connectivity index (χ0v) is 13.6. The largest absolute Gasteiger partial charge is 0.420 e. The van der Waals surface area contributed by atoms with Crippen molar-refractivity contribution in [3.63, 3.8) is 0 Å². The Morgan fingerprint density at radius 2 is 2.04 bits per heavy atom. The first-order valence-corrected chi connectivity index (χ1v) is 8.27. The van der Waals surface area contributed by atoms with E-state index in [1.807, 2.05) is 48.7 Å². The first kappa shape index (κ1) is 15.4. The SMILES string of the molecule is Cc1ccc(CNC(=O)CCc2nnc(-c3cccs3)o2)cc1. The van der Waals surface area contributed by atoms with Crippen molar-refractivity contribution in [1.29, 1.82) is 0 Å². The molecule has 0 unspecified atom stereocenters. The summed E-state index contributed by atoms with van der Waals surface area (Å²) in [6.07, 6.45) is 0.774. The van der Waals surface area contributed by atoms with Crippen LogP contribution in [0.25, 0.3) is 10.8 Å². The van der Waals surface area contributed by atoms with E-state index < -0.39 is 0 Å². The molecule has 1 N–H and O–H groups in total. The summed E-state index contributed by atoms with van der Waals surface area (Å²) < 4.78 is 5.56. The van der Waals surface area contributed by atoms with Crippen molar-refractivity contribution >= 4 is 17.2 Å². The molecule has 0 saturated carbocycles. The summed E-state index contributed by atoms with van der Waals surface area (Å²) in [5, 5.41) is 12.8. The minimum atomic E-state index is -0.0264. The highest BCUT2D eigenvalue weighted by Gasteiger charge is 2.11. The van der Waals surface area contributed by atoms with Gasteiger partial charge in [-0.25, -0.2) is 0 Å². The molecule has 3 aromatic rings. The summed E-state index contributed by atoms with van der Waals surface area (Å²) in [6, 6.07) is 12.0. The summed E-state index contributed by atoms with van der Waals surface area (Å²) in [4.78, 5) is 12.8. The number of hydrogen-bond donors (Lipinski definition) is 1. The fourth-order valence-electron chi connectivity index (χ4n) is 2.07. The van der Waals surface area contributed by atoms with Gasteiger partial charge in [-0.15, -0.1) is 21.5 Å². The molecule has 0 bridgehead atoms. The van der Waals surface area contributed by atoms with Gasteiger partial charge in [0.2, 0.25) is 11.8 Å². The number of nitrogens with one attached hydrogen (secondary N) is 1. The normalized spacial score (nSPS) is 10.7. The third-order valence-electron chi connectivity index (χ3n) is 3.38. The Morgan fingerprint density at radius 1 is 1.22 bits per heavy atom. The number of nitrogens with zero attached hydrogens (tertiary/aromatic N) is 2. The van der Waals surface area contributed by atoms with Crippen LogP contribution in [-0.4, -0.2) is 16.1 Å². The lowest BCUT2D eigenvalue weighted by Crippen LogP contribution is -2.23. The number of carbonyl (C=O) groups is 1. The van der Waals surface area contributed by atoms with Crippen molar-refractivity contribution in [2.24, 2.45) is 0 Å². The third-order valence-corrected chi connectivity index (χ3v) is 4.23. The maximum atomic E-state index is 11.9. The Balaban J connectivity index is 1.46. The molecule has 0 fully saturated rings. The Morgan fingerprint density at radius 3 is 2.78 bits per heavy atom. The van der Waals surface area contributed by atoms with Crippen LogP contribution >= 0.6 is 11.3 Å². The Bertz CT molecular complexity index is 764. The Kier molecular flexibility index (Phi) is 4.83. The minimum absolute atomic E-state index is 0.0264. The number of aryl methyl sites for hydroxylation is 2. The van der Waals surface area contributed by atoms with Gasteiger partial charge in [0.05, 0.1) is 4.88 Å². The Labute approximate surface area is 138 Å². The number of hydrogen-bond acceptors (Lipinski definition) is 5. The maximum Gasteiger partial charge on any atom is 0.257 e. The van der Waals surface area contributed by atoms with E-state index in [4.69, 9.17) is 4.42 Å². The lowest BCUT2D eigenvalue weighted by molar-refractivity contribution is -0.121. The van der Waals surface area contributed by atoms with Crippen molar-refractivity contribution in [3.8, 4) is 10.8 Å². The monoisotopic (exact) mass is 327 g/mol. The van der Waals surface area contributed by atoms with Crippen LogP contribution in [0.3, 0.4) is 0 Å². The number of amides is 1. The molecule has 2 heterocycles. The quantitative estimate of drug-likeness (QED) is 0.754. The summed E-state index contributed by atoms with van der Waals surface area (Å²) in [5.41, 5.74) is 2.29. The van der Waals surface area contributed by atoms with Gasteiger partial charge in [-0.1, -0.05) is 35.9 Å². The second-order valence-corrected chi connectivity index (χ2v) is 6.19. The highest BCUT2D eigenvalue weighted by molar-refractivity contribution is 7.13. The number of carbonyl (C=O) groups excluding carboxylic acids is 1. The molecule has 23 heavy (non-hydrogen) atoms. The fourth-order valence-corrected chi connectivity index (χ4v) is 2.71.